The molecule has 0 saturated heterocycles. The highest BCUT2D eigenvalue weighted by atomic mass is 16.6. The lowest BCUT2D eigenvalue weighted by molar-refractivity contribution is -0.167. The van der Waals surface area contributed by atoms with E-state index < -0.39 is 17.8 Å². The highest BCUT2D eigenvalue weighted by Gasteiger charge is 2.51. The van der Waals surface area contributed by atoms with Gasteiger partial charge in [-0.3, -0.25) is 0 Å². The van der Waals surface area contributed by atoms with Crippen molar-refractivity contribution in [2.24, 2.45) is 17.3 Å². The number of rotatable bonds is 8. The van der Waals surface area contributed by atoms with Crippen LogP contribution in [0.5, 0.6) is 0 Å². The zero-order valence-corrected chi connectivity index (χ0v) is 21.9. The minimum absolute atomic E-state index is 0.00168. The molecule has 3 fully saturated rings. The first kappa shape index (κ1) is 27.2. The molecule has 2 N–H and O–H groups in total. The summed E-state index contributed by atoms with van der Waals surface area (Å²) in [4.78, 5) is 12.4. The third kappa shape index (κ3) is 5.85. The second-order valence-electron chi connectivity index (χ2n) is 11.3. The van der Waals surface area contributed by atoms with E-state index in [2.05, 4.69) is 32.6 Å². The van der Waals surface area contributed by atoms with Crippen molar-refractivity contribution in [2.45, 2.75) is 116 Å². The number of carbonyl (C=O) groups is 1. The molecule has 34 heavy (non-hydrogen) atoms. The topological polar surface area (TPSA) is 76.0 Å². The SMILES string of the molecule is C=C1/C(=C\C=C2/CCC[C@]3(C)[C@@H](C(C)OCC(=O)OC(C)(CC)CC)CC[C@@H]23)C[C@@H](O)C[C@@H]1O. The monoisotopic (exact) mass is 474 g/mol. The van der Waals surface area contributed by atoms with Gasteiger partial charge in [0, 0.05) is 6.42 Å². The molecule has 192 valence electrons. The normalized spacial score (nSPS) is 35.4. The lowest BCUT2D eigenvalue weighted by atomic mass is 9.62. The van der Waals surface area contributed by atoms with E-state index in [1.807, 2.05) is 20.8 Å². The Labute approximate surface area is 206 Å². The van der Waals surface area contributed by atoms with Crippen LogP contribution in [-0.4, -0.2) is 46.7 Å². The molecule has 0 bridgehead atoms. The largest absolute Gasteiger partial charge is 0.458 e. The molecule has 6 atom stereocenters. The lowest BCUT2D eigenvalue weighted by Crippen LogP contribution is -2.39. The summed E-state index contributed by atoms with van der Waals surface area (Å²) >= 11 is 0. The standard InChI is InChI=1S/C29H46O5/c1-7-28(5,8-2)34-27(32)18-33-20(4)24-13-14-25-21(10-9-15-29(24,25)6)11-12-22-16-23(30)17-26(31)19(22)3/h11-12,20,23-26,30-31H,3,7-10,13-18H2,1-2,4-6H3/b21-11+,22-12-/t20?,23-,24-,25+,26+,29-/m1/s1. The predicted octanol–water partition coefficient (Wildman–Crippen LogP) is 5.65. The zero-order valence-electron chi connectivity index (χ0n) is 21.9. The molecule has 3 aliphatic carbocycles. The van der Waals surface area contributed by atoms with E-state index in [4.69, 9.17) is 9.47 Å². The molecule has 3 aliphatic rings. The van der Waals surface area contributed by atoms with Crippen molar-refractivity contribution < 1.29 is 24.5 Å². The van der Waals surface area contributed by atoms with E-state index in [1.165, 1.54) is 12.0 Å². The fraction of sp³-hybridized carbons (Fsp3) is 0.759. The smallest absolute Gasteiger partial charge is 0.332 e. The summed E-state index contributed by atoms with van der Waals surface area (Å²) in [6, 6.07) is 0. The van der Waals surface area contributed by atoms with Crippen molar-refractivity contribution >= 4 is 5.97 Å². The van der Waals surface area contributed by atoms with Crippen molar-refractivity contribution in [2.75, 3.05) is 6.61 Å². The average Bonchev–Trinajstić information content (AvgIpc) is 3.16. The van der Waals surface area contributed by atoms with Crippen molar-refractivity contribution in [3.8, 4) is 0 Å². The molecule has 0 aromatic rings. The number of esters is 1. The van der Waals surface area contributed by atoms with E-state index in [1.54, 1.807) is 0 Å². The number of aliphatic hydroxyl groups is 2. The molecule has 3 saturated carbocycles. The van der Waals surface area contributed by atoms with Gasteiger partial charge in [0.25, 0.3) is 0 Å². The Balaban J connectivity index is 1.65. The Hall–Kier alpha value is -1.43. The molecule has 5 nitrogen and oxygen atoms in total. The highest BCUT2D eigenvalue weighted by molar-refractivity contribution is 5.71. The highest BCUT2D eigenvalue weighted by Crippen LogP contribution is 2.58. The summed E-state index contributed by atoms with van der Waals surface area (Å²) in [5.74, 6) is 0.626. The fourth-order valence-corrected chi connectivity index (χ4v) is 6.53. The zero-order chi connectivity index (χ0) is 25.1. The van der Waals surface area contributed by atoms with Crippen LogP contribution < -0.4 is 0 Å². The maximum absolute atomic E-state index is 12.4. The third-order valence-corrected chi connectivity index (χ3v) is 9.19. The average molecular weight is 475 g/mol. The van der Waals surface area contributed by atoms with Crippen molar-refractivity contribution in [1.82, 2.24) is 0 Å². The second kappa shape index (κ2) is 11.1. The van der Waals surface area contributed by atoms with Crippen LogP contribution in [0.15, 0.2) is 35.5 Å². The first-order valence-electron chi connectivity index (χ1n) is 13.3. The Bertz CT molecular complexity index is 807. The molecule has 5 heteroatoms. The number of ether oxygens (including phenoxy) is 2. The van der Waals surface area contributed by atoms with Crippen LogP contribution in [0.4, 0.5) is 0 Å². The van der Waals surface area contributed by atoms with Crippen LogP contribution >= 0.6 is 0 Å². The van der Waals surface area contributed by atoms with E-state index in [0.717, 1.165) is 49.7 Å². The maximum Gasteiger partial charge on any atom is 0.332 e. The van der Waals surface area contributed by atoms with E-state index in [9.17, 15) is 15.0 Å². The minimum atomic E-state index is -0.655. The molecular formula is C29H46O5. The molecule has 0 aromatic carbocycles. The number of hydrogen-bond acceptors (Lipinski definition) is 5. The van der Waals surface area contributed by atoms with Crippen molar-refractivity contribution in [3.05, 3.63) is 35.5 Å². The summed E-state index contributed by atoms with van der Waals surface area (Å²) in [6.07, 6.45) is 11.3. The molecule has 0 amide bonds. The van der Waals surface area contributed by atoms with Gasteiger partial charge in [0.2, 0.25) is 0 Å². The second-order valence-corrected chi connectivity index (χ2v) is 11.3. The van der Waals surface area contributed by atoms with Gasteiger partial charge in [0.1, 0.15) is 12.2 Å². The Morgan fingerprint density at radius 2 is 1.97 bits per heavy atom. The Kier molecular flexibility index (Phi) is 8.86. The summed E-state index contributed by atoms with van der Waals surface area (Å²) in [7, 11) is 0. The molecule has 0 spiro atoms. The van der Waals surface area contributed by atoms with Crippen molar-refractivity contribution in [1.29, 1.82) is 0 Å². The number of allylic oxidation sites excluding steroid dienone is 3. The van der Waals surface area contributed by atoms with Crippen LogP contribution in [0, 0.1) is 17.3 Å². The fourth-order valence-electron chi connectivity index (χ4n) is 6.53. The molecule has 1 unspecified atom stereocenters. The lowest BCUT2D eigenvalue weighted by Gasteiger charge is -2.44. The number of fused-ring (bicyclic) bond motifs is 1. The number of hydrogen-bond donors (Lipinski definition) is 2. The van der Waals surface area contributed by atoms with E-state index in [0.29, 0.717) is 24.7 Å². The maximum atomic E-state index is 12.4. The first-order valence-corrected chi connectivity index (χ1v) is 13.3. The van der Waals surface area contributed by atoms with Gasteiger partial charge in [-0.2, -0.15) is 0 Å². The quantitative estimate of drug-likeness (QED) is 0.444. The Morgan fingerprint density at radius 3 is 2.65 bits per heavy atom. The van der Waals surface area contributed by atoms with Crippen LogP contribution in [0.1, 0.15) is 92.4 Å². The van der Waals surface area contributed by atoms with Crippen LogP contribution in [0.3, 0.4) is 0 Å². The number of carbonyl (C=O) groups excluding carboxylic acids is 1. The van der Waals surface area contributed by atoms with E-state index >= 15 is 0 Å². The van der Waals surface area contributed by atoms with E-state index in [-0.39, 0.29) is 24.1 Å². The molecule has 0 radical (unpaired) electrons. The van der Waals surface area contributed by atoms with Gasteiger partial charge >= 0.3 is 5.97 Å². The summed E-state index contributed by atoms with van der Waals surface area (Å²) in [6.45, 7) is 14.6. The molecule has 0 aromatic heterocycles. The summed E-state index contributed by atoms with van der Waals surface area (Å²) in [5.41, 5.74) is 2.89. The van der Waals surface area contributed by atoms with Gasteiger partial charge in [-0.25, -0.2) is 4.79 Å². The number of aliphatic hydroxyl groups excluding tert-OH is 2. The van der Waals surface area contributed by atoms with Gasteiger partial charge < -0.3 is 19.7 Å². The predicted molar refractivity (Wildman–Crippen MR) is 135 cm³/mol. The summed E-state index contributed by atoms with van der Waals surface area (Å²) < 4.78 is 11.8. The molecule has 0 heterocycles. The van der Waals surface area contributed by atoms with Crippen LogP contribution in [0.2, 0.25) is 0 Å². The van der Waals surface area contributed by atoms with Crippen molar-refractivity contribution in [3.63, 3.8) is 0 Å². The van der Waals surface area contributed by atoms with Gasteiger partial charge in [0.05, 0.1) is 18.3 Å². The first-order chi connectivity index (χ1) is 16.0. The van der Waals surface area contributed by atoms with Gasteiger partial charge in [-0.1, -0.05) is 45.1 Å². The van der Waals surface area contributed by atoms with Crippen LogP contribution in [-0.2, 0) is 14.3 Å². The molecule has 0 aliphatic heterocycles. The molecule has 3 rings (SSSR count). The Morgan fingerprint density at radius 1 is 1.26 bits per heavy atom. The van der Waals surface area contributed by atoms with Crippen LogP contribution in [0.25, 0.3) is 0 Å². The molecular weight excluding hydrogens is 428 g/mol. The van der Waals surface area contributed by atoms with Gasteiger partial charge in [0.15, 0.2) is 0 Å². The minimum Gasteiger partial charge on any atom is -0.458 e. The van der Waals surface area contributed by atoms with Gasteiger partial charge in [-0.05, 0) is 93.6 Å². The summed E-state index contributed by atoms with van der Waals surface area (Å²) in [5, 5.41) is 20.2. The van der Waals surface area contributed by atoms with Gasteiger partial charge in [-0.15, -0.1) is 0 Å². The third-order valence-electron chi connectivity index (χ3n) is 9.19.